The van der Waals surface area contributed by atoms with E-state index in [-0.39, 0.29) is 0 Å². The zero-order valence-corrected chi connectivity index (χ0v) is 13.3. The predicted octanol–water partition coefficient (Wildman–Crippen LogP) is 1.32. The van der Waals surface area contributed by atoms with Crippen molar-refractivity contribution in [3.8, 4) is 0 Å². The summed E-state index contributed by atoms with van der Waals surface area (Å²) >= 11 is 0. The van der Waals surface area contributed by atoms with E-state index in [2.05, 4.69) is 18.1 Å². The van der Waals surface area contributed by atoms with Gasteiger partial charge < -0.3 is 18.5 Å². The van der Waals surface area contributed by atoms with Crippen molar-refractivity contribution < 1.29 is 18.5 Å². The van der Waals surface area contributed by atoms with E-state index >= 15 is 0 Å². The van der Waals surface area contributed by atoms with E-state index in [9.17, 15) is 9.59 Å². The molecule has 0 spiro atoms. The lowest BCUT2D eigenvalue weighted by Gasteiger charge is -2.36. The normalized spacial score (nSPS) is 26.9. The molecule has 6 heteroatoms. The third-order valence-electron chi connectivity index (χ3n) is 4.43. The number of hydrogen-bond acceptors (Lipinski definition) is 4. The second kappa shape index (κ2) is 6.32. The van der Waals surface area contributed by atoms with E-state index in [1.54, 1.807) is 0 Å². The average Bonchev–Trinajstić information content (AvgIpc) is 2.81. The zero-order valence-electron chi connectivity index (χ0n) is 12.3. The molecule has 1 aromatic heterocycles. The Balaban J connectivity index is 1.98. The molecule has 2 atom stereocenters. The number of quaternary nitrogens is 1. The molecule has 1 aliphatic rings. The van der Waals surface area contributed by atoms with Crippen LogP contribution in [0.5, 0.6) is 0 Å². The molecule has 0 saturated carbocycles. The van der Waals surface area contributed by atoms with Crippen molar-refractivity contribution in [1.29, 1.82) is 0 Å². The molecular weight excluding hydrogens is 272 g/mol. The SMILES string of the molecule is CO[Si](O)(O)CCC[N+]1(C)CCCC1c1ccccn1. The van der Waals surface area contributed by atoms with Gasteiger partial charge in [-0.3, -0.25) is 4.98 Å². The van der Waals surface area contributed by atoms with Gasteiger partial charge in [-0.15, -0.1) is 0 Å². The van der Waals surface area contributed by atoms with E-state index in [1.807, 2.05) is 18.3 Å². The van der Waals surface area contributed by atoms with Crippen LogP contribution in [0, 0.1) is 0 Å². The molecule has 2 unspecified atom stereocenters. The molecule has 5 nitrogen and oxygen atoms in total. The van der Waals surface area contributed by atoms with Crippen molar-refractivity contribution in [2.75, 3.05) is 27.2 Å². The van der Waals surface area contributed by atoms with Crippen LogP contribution in [-0.2, 0) is 4.43 Å². The third kappa shape index (κ3) is 3.65. The Morgan fingerprint density at radius 3 is 2.90 bits per heavy atom. The first kappa shape index (κ1) is 15.6. The van der Waals surface area contributed by atoms with Gasteiger partial charge in [-0.2, -0.15) is 0 Å². The molecule has 0 aromatic carbocycles. The first-order chi connectivity index (χ1) is 9.47. The predicted molar refractivity (Wildman–Crippen MR) is 78.8 cm³/mol. The van der Waals surface area contributed by atoms with Crippen LogP contribution in [0.25, 0.3) is 0 Å². The summed E-state index contributed by atoms with van der Waals surface area (Å²) in [5.74, 6) is 0. The molecule has 0 amide bonds. The van der Waals surface area contributed by atoms with Crippen LogP contribution in [0.2, 0.25) is 6.04 Å². The summed E-state index contributed by atoms with van der Waals surface area (Å²) in [6, 6.07) is 6.87. The van der Waals surface area contributed by atoms with Crippen LogP contribution in [0.3, 0.4) is 0 Å². The smallest absolute Gasteiger partial charge is 0.390 e. The second-order valence-corrected chi connectivity index (χ2v) is 8.28. The van der Waals surface area contributed by atoms with Gasteiger partial charge in [0.2, 0.25) is 0 Å². The first-order valence-electron chi connectivity index (χ1n) is 7.22. The highest BCUT2D eigenvalue weighted by Crippen LogP contribution is 2.37. The van der Waals surface area contributed by atoms with E-state index in [1.165, 1.54) is 13.5 Å². The third-order valence-corrected chi connectivity index (χ3v) is 6.09. The molecule has 1 saturated heterocycles. The summed E-state index contributed by atoms with van der Waals surface area (Å²) in [4.78, 5) is 23.7. The van der Waals surface area contributed by atoms with Crippen molar-refractivity contribution in [1.82, 2.24) is 4.98 Å². The number of aromatic nitrogens is 1. The fraction of sp³-hybridized carbons (Fsp3) is 0.643. The van der Waals surface area contributed by atoms with Crippen molar-refractivity contribution in [3.63, 3.8) is 0 Å². The Bertz CT molecular complexity index is 430. The van der Waals surface area contributed by atoms with Crippen LogP contribution in [0.4, 0.5) is 0 Å². The lowest BCUT2D eigenvalue weighted by molar-refractivity contribution is -0.927. The highest BCUT2D eigenvalue weighted by molar-refractivity contribution is 6.57. The topological polar surface area (TPSA) is 62.6 Å². The summed E-state index contributed by atoms with van der Waals surface area (Å²) in [5, 5.41) is 0. The summed E-state index contributed by atoms with van der Waals surface area (Å²) in [5.41, 5.74) is 1.15. The van der Waals surface area contributed by atoms with Gasteiger partial charge in [-0.25, -0.2) is 0 Å². The van der Waals surface area contributed by atoms with Gasteiger partial charge in [0.25, 0.3) is 0 Å². The number of rotatable bonds is 6. The average molecular weight is 297 g/mol. The molecule has 1 aliphatic heterocycles. The monoisotopic (exact) mass is 297 g/mol. The lowest BCUT2D eigenvalue weighted by atomic mass is 10.1. The summed E-state index contributed by atoms with van der Waals surface area (Å²) in [7, 11) is 0.208. The molecular formula is C14H25N2O3Si+. The minimum absolute atomic E-state index is 0.367. The van der Waals surface area contributed by atoms with Gasteiger partial charge in [-0.1, -0.05) is 6.07 Å². The molecule has 2 heterocycles. The Kier molecular flexibility index (Phi) is 4.93. The van der Waals surface area contributed by atoms with Crippen molar-refractivity contribution >= 4 is 8.80 Å². The van der Waals surface area contributed by atoms with Crippen LogP contribution in [0.1, 0.15) is 31.0 Å². The van der Waals surface area contributed by atoms with Crippen molar-refractivity contribution in [3.05, 3.63) is 30.1 Å². The van der Waals surface area contributed by atoms with Crippen LogP contribution in [0.15, 0.2) is 24.4 Å². The zero-order chi connectivity index (χ0) is 14.6. The number of nitrogens with zero attached hydrogens (tertiary/aromatic N) is 2. The molecule has 1 fully saturated rings. The maximum atomic E-state index is 9.62. The van der Waals surface area contributed by atoms with Gasteiger partial charge in [0.1, 0.15) is 6.04 Å². The fourth-order valence-electron chi connectivity index (χ4n) is 3.19. The molecule has 0 radical (unpaired) electrons. The first-order valence-corrected chi connectivity index (χ1v) is 9.23. The minimum Gasteiger partial charge on any atom is -0.390 e. The molecule has 2 N–H and O–H groups in total. The molecule has 1 aromatic rings. The summed E-state index contributed by atoms with van der Waals surface area (Å²) < 4.78 is 5.71. The molecule has 0 aliphatic carbocycles. The standard InChI is InChI=1S/C14H25N2O3Si/c1-16(11-6-12-20(17,18)19-2)10-5-8-14(16)13-7-3-4-9-15-13/h3-4,7,9,14,17-18H,5-6,8,10-12H2,1-2H3/q+1. The number of hydrogen-bond donors (Lipinski definition) is 2. The second-order valence-electron chi connectivity index (χ2n) is 5.89. The summed E-state index contributed by atoms with van der Waals surface area (Å²) in [6.45, 7) is 2.06. The van der Waals surface area contributed by atoms with Crippen LogP contribution >= 0.6 is 0 Å². The molecule has 112 valence electrons. The summed E-state index contributed by atoms with van der Waals surface area (Å²) in [6.07, 6.45) is 4.97. The van der Waals surface area contributed by atoms with E-state index < -0.39 is 8.80 Å². The highest BCUT2D eigenvalue weighted by Gasteiger charge is 2.40. The lowest BCUT2D eigenvalue weighted by Crippen LogP contribution is -2.45. The Labute approximate surface area is 121 Å². The van der Waals surface area contributed by atoms with Crippen molar-refractivity contribution in [2.24, 2.45) is 0 Å². The number of pyridine rings is 1. The Hall–Kier alpha value is -0.793. The Morgan fingerprint density at radius 2 is 2.25 bits per heavy atom. The largest absolute Gasteiger partial charge is 0.495 e. The van der Waals surface area contributed by atoms with Gasteiger partial charge in [-0.05, 0) is 12.1 Å². The minimum atomic E-state index is -3.41. The van der Waals surface area contributed by atoms with E-state index in [0.29, 0.717) is 12.1 Å². The quantitative estimate of drug-likeness (QED) is 0.614. The van der Waals surface area contributed by atoms with Crippen molar-refractivity contribution in [2.45, 2.75) is 31.3 Å². The highest BCUT2D eigenvalue weighted by atomic mass is 28.4. The molecule has 20 heavy (non-hydrogen) atoms. The van der Waals surface area contributed by atoms with Crippen LogP contribution < -0.4 is 0 Å². The molecule has 0 bridgehead atoms. The Morgan fingerprint density at radius 1 is 1.45 bits per heavy atom. The number of likely N-dealkylation sites (tertiary alicyclic amines) is 1. The van der Waals surface area contributed by atoms with Gasteiger partial charge in [0.15, 0.2) is 0 Å². The maximum Gasteiger partial charge on any atom is 0.495 e. The van der Waals surface area contributed by atoms with Gasteiger partial charge >= 0.3 is 8.80 Å². The van der Waals surface area contributed by atoms with E-state index in [4.69, 9.17) is 4.43 Å². The van der Waals surface area contributed by atoms with Crippen LogP contribution in [-0.4, -0.2) is 55.1 Å². The van der Waals surface area contributed by atoms with Gasteiger partial charge in [0, 0.05) is 38.6 Å². The fourth-order valence-corrected chi connectivity index (χ4v) is 4.02. The maximum absolute atomic E-state index is 9.62. The molecule has 2 rings (SSSR count). The van der Waals surface area contributed by atoms with Gasteiger partial charge in [0.05, 0.1) is 25.8 Å². The van der Waals surface area contributed by atoms with E-state index in [0.717, 1.165) is 36.1 Å².